The summed E-state index contributed by atoms with van der Waals surface area (Å²) in [5.74, 6) is 0.781. The maximum Gasteiger partial charge on any atom is 0.243 e. The van der Waals surface area contributed by atoms with Crippen molar-refractivity contribution in [2.45, 2.75) is 37.1 Å². The number of nitrogens with zero attached hydrogens (tertiary/aromatic N) is 1. The normalized spacial score (nSPS) is 29.7. The van der Waals surface area contributed by atoms with E-state index in [9.17, 15) is 8.42 Å². The van der Waals surface area contributed by atoms with Gasteiger partial charge in [-0.3, -0.25) is 0 Å². The molecule has 1 aromatic carbocycles. The van der Waals surface area contributed by atoms with Crippen molar-refractivity contribution in [1.82, 2.24) is 4.31 Å². The van der Waals surface area contributed by atoms with E-state index in [1.165, 1.54) is 0 Å². The zero-order valence-corrected chi connectivity index (χ0v) is 13.9. The summed E-state index contributed by atoms with van der Waals surface area (Å²) >= 11 is 0. The average Bonchev–Trinajstić information content (AvgIpc) is 2.85. The van der Waals surface area contributed by atoms with Crippen LogP contribution in [0, 0.1) is 18.8 Å². The van der Waals surface area contributed by atoms with Crippen LogP contribution in [0.3, 0.4) is 0 Å². The van der Waals surface area contributed by atoms with E-state index in [2.05, 4.69) is 0 Å². The van der Waals surface area contributed by atoms with Crippen LogP contribution in [0.4, 0.5) is 0 Å². The molecule has 0 spiro atoms. The molecule has 1 saturated carbocycles. The van der Waals surface area contributed by atoms with Crippen molar-refractivity contribution in [1.29, 1.82) is 0 Å². The summed E-state index contributed by atoms with van der Waals surface area (Å²) in [7, 11) is -3.36. The van der Waals surface area contributed by atoms with Gasteiger partial charge in [-0.25, -0.2) is 8.42 Å². The standard InChI is InChI=1S/C15H22N2O2S.ClH/c1-11-5-7-13(8-6-11)20(18,19)17-9-12-3-2-4-15(16)14(12)10-17;/h5-8,12,14-15H,2-4,9-10,16H2,1H3;1H. The molecule has 1 aromatic rings. The molecule has 0 aromatic heterocycles. The molecule has 3 atom stereocenters. The maximum atomic E-state index is 12.7. The molecular formula is C15H23ClN2O2S. The number of rotatable bonds is 2. The van der Waals surface area contributed by atoms with Gasteiger partial charge in [0.15, 0.2) is 0 Å². The lowest BCUT2D eigenvalue weighted by Crippen LogP contribution is -2.38. The second kappa shape index (κ2) is 6.24. The van der Waals surface area contributed by atoms with Gasteiger partial charge in [0.1, 0.15) is 0 Å². The molecule has 0 amide bonds. The van der Waals surface area contributed by atoms with Crippen molar-refractivity contribution in [3.8, 4) is 0 Å². The number of aryl methyl sites for hydroxylation is 1. The first-order chi connectivity index (χ1) is 9.48. The van der Waals surface area contributed by atoms with E-state index in [0.717, 1.165) is 24.8 Å². The molecule has 1 aliphatic carbocycles. The van der Waals surface area contributed by atoms with E-state index in [1.54, 1.807) is 16.4 Å². The number of sulfonamides is 1. The van der Waals surface area contributed by atoms with Gasteiger partial charge in [-0.05, 0) is 43.7 Å². The Balaban J connectivity index is 0.00000161. The largest absolute Gasteiger partial charge is 0.327 e. The molecule has 1 aliphatic heterocycles. The first-order valence-corrected chi connectivity index (χ1v) is 8.75. The number of halogens is 1. The quantitative estimate of drug-likeness (QED) is 0.903. The van der Waals surface area contributed by atoms with Gasteiger partial charge in [0.25, 0.3) is 0 Å². The van der Waals surface area contributed by atoms with E-state index in [1.807, 2.05) is 19.1 Å². The second-order valence-electron chi connectivity index (χ2n) is 6.15. The Morgan fingerprint density at radius 3 is 2.43 bits per heavy atom. The molecule has 21 heavy (non-hydrogen) atoms. The number of hydrogen-bond acceptors (Lipinski definition) is 3. The number of benzene rings is 1. The molecule has 2 aliphatic rings. The zero-order chi connectivity index (χ0) is 14.3. The van der Waals surface area contributed by atoms with Crippen molar-refractivity contribution in [2.24, 2.45) is 17.6 Å². The fourth-order valence-electron chi connectivity index (χ4n) is 3.53. The van der Waals surface area contributed by atoms with Crippen molar-refractivity contribution in [2.75, 3.05) is 13.1 Å². The van der Waals surface area contributed by atoms with Gasteiger partial charge >= 0.3 is 0 Å². The highest BCUT2D eigenvalue weighted by Gasteiger charge is 2.43. The molecule has 1 heterocycles. The van der Waals surface area contributed by atoms with Crippen LogP contribution in [0.25, 0.3) is 0 Å². The highest BCUT2D eigenvalue weighted by molar-refractivity contribution is 7.89. The third-order valence-electron chi connectivity index (χ3n) is 4.78. The third kappa shape index (κ3) is 3.11. The Morgan fingerprint density at radius 1 is 1.14 bits per heavy atom. The van der Waals surface area contributed by atoms with Crippen LogP contribution < -0.4 is 5.73 Å². The predicted molar refractivity (Wildman–Crippen MR) is 86.0 cm³/mol. The van der Waals surface area contributed by atoms with Crippen molar-refractivity contribution >= 4 is 22.4 Å². The monoisotopic (exact) mass is 330 g/mol. The highest BCUT2D eigenvalue weighted by atomic mass is 35.5. The molecule has 6 heteroatoms. The second-order valence-corrected chi connectivity index (χ2v) is 8.09. The topological polar surface area (TPSA) is 63.4 Å². The summed E-state index contributed by atoms with van der Waals surface area (Å²) in [6.45, 7) is 3.18. The highest BCUT2D eigenvalue weighted by Crippen LogP contribution is 2.37. The van der Waals surface area contributed by atoms with Crippen LogP contribution in [-0.4, -0.2) is 31.9 Å². The Bertz CT molecular complexity index is 588. The summed E-state index contributed by atoms with van der Waals surface area (Å²) in [5.41, 5.74) is 7.23. The Hall–Kier alpha value is -0.620. The SMILES string of the molecule is Cc1ccc(S(=O)(=O)N2CC3CCCC(N)C3C2)cc1.Cl. The van der Waals surface area contributed by atoms with Gasteiger partial charge in [0.2, 0.25) is 10.0 Å². The summed E-state index contributed by atoms with van der Waals surface area (Å²) in [4.78, 5) is 0.398. The van der Waals surface area contributed by atoms with Gasteiger partial charge in [-0.15, -0.1) is 12.4 Å². The number of hydrogen-bond donors (Lipinski definition) is 1. The molecule has 2 fully saturated rings. The van der Waals surface area contributed by atoms with E-state index in [0.29, 0.717) is 29.8 Å². The van der Waals surface area contributed by atoms with E-state index in [4.69, 9.17) is 5.73 Å². The van der Waals surface area contributed by atoms with Gasteiger partial charge < -0.3 is 5.73 Å². The number of nitrogens with two attached hydrogens (primary N) is 1. The first kappa shape index (κ1) is 16.7. The molecule has 2 N–H and O–H groups in total. The summed E-state index contributed by atoms with van der Waals surface area (Å²) in [5, 5.41) is 0. The average molecular weight is 331 g/mol. The smallest absolute Gasteiger partial charge is 0.243 e. The Labute approximate surface area is 133 Å². The van der Waals surface area contributed by atoms with E-state index in [-0.39, 0.29) is 18.4 Å². The summed E-state index contributed by atoms with van der Waals surface area (Å²) in [6, 6.07) is 7.26. The lowest BCUT2D eigenvalue weighted by Gasteiger charge is -2.29. The van der Waals surface area contributed by atoms with Crippen LogP contribution in [0.5, 0.6) is 0 Å². The first-order valence-electron chi connectivity index (χ1n) is 7.31. The molecule has 0 radical (unpaired) electrons. The molecule has 1 saturated heterocycles. The lowest BCUT2D eigenvalue weighted by molar-refractivity contribution is 0.260. The van der Waals surface area contributed by atoms with Crippen molar-refractivity contribution in [3.05, 3.63) is 29.8 Å². The zero-order valence-electron chi connectivity index (χ0n) is 12.2. The predicted octanol–water partition coefficient (Wildman–Crippen LogP) is 2.16. The van der Waals surface area contributed by atoms with Crippen LogP contribution >= 0.6 is 12.4 Å². The Morgan fingerprint density at radius 2 is 1.81 bits per heavy atom. The van der Waals surface area contributed by atoms with Crippen LogP contribution in [-0.2, 0) is 10.0 Å². The van der Waals surface area contributed by atoms with E-state index >= 15 is 0 Å². The third-order valence-corrected chi connectivity index (χ3v) is 6.63. The van der Waals surface area contributed by atoms with Gasteiger partial charge in [0.05, 0.1) is 4.90 Å². The molecular weight excluding hydrogens is 308 g/mol. The summed E-state index contributed by atoms with van der Waals surface area (Å²) in [6.07, 6.45) is 3.26. The number of fused-ring (bicyclic) bond motifs is 1. The molecule has 118 valence electrons. The molecule has 0 bridgehead atoms. The Kier molecular flexibility index (Phi) is 4.98. The van der Waals surface area contributed by atoms with Crippen molar-refractivity contribution < 1.29 is 8.42 Å². The molecule has 4 nitrogen and oxygen atoms in total. The van der Waals surface area contributed by atoms with Gasteiger partial charge in [-0.1, -0.05) is 24.1 Å². The maximum absolute atomic E-state index is 12.7. The van der Waals surface area contributed by atoms with Gasteiger partial charge in [0, 0.05) is 19.1 Å². The van der Waals surface area contributed by atoms with Crippen LogP contribution in [0.15, 0.2) is 29.2 Å². The molecule has 3 unspecified atom stereocenters. The van der Waals surface area contributed by atoms with Gasteiger partial charge in [-0.2, -0.15) is 4.31 Å². The van der Waals surface area contributed by atoms with Crippen LogP contribution in [0.2, 0.25) is 0 Å². The minimum atomic E-state index is -3.36. The minimum Gasteiger partial charge on any atom is -0.327 e. The molecule has 3 rings (SSSR count). The minimum absolute atomic E-state index is 0. The lowest BCUT2D eigenvalue weighted by atomic mass is 9.78. The summed E-state index contributed by atoms with van der Waals surface area (Å²) < 4.78 is 27.0. The fourth-order valence-corrected chi connectivity index (χ4v) is 5.07. The fraction of sp³-hybridized carbons (Fsp3) is 0.600. The van der Waals surface area contributed by atoms with Crippen molar-refractivity contribution in [3.63, 3.8) is 0 Å². The van der Waals surface area contributed by atoms with E-state index < -0.39 is 10.0 Å². The van der Waals surface area contributed by atoms with Crippen LogP contribution in [0.1, 0.15) is 24.8 Å².